The summed E-state index contributed by atoms with van der Waals surface area (Å²) in [7, 11) is 0. The Kier molecular flexibility index (Phi) is 1.36. The van der Waals surface area contributed by atoms with Gasteiger partial charge in [-0.15, -0.1) is 0 Å². The van der Waals surface area contributed by atoms with Crippen LogP contribution in [0.25, 0.3) is 0 Å². The Morgan fingerprint density at radius 1 is 1.71 bits per heavy atom. The molecule has 1 atom stereocenters. The third-order valence-electron chi connectivity index (χ3n) is 1.67. The molecule has 0 bridgehead atoms. The van der Waals surface area contributed by atoms with Gasteiger partial charge in [0.05, 0.1) is 0 Å². The fourth-order valence-electron chi connectivity index (χ4n) is 0.769. The first-order chi connectivity index (χ1) is 3.34. The van der Waals surface area contributed by atoms with Gasteiger partial charge in [0.25, 0.3) is 0 Å². The molecular formula is C7H12. The van der Waals surface area contributed by atoms with Crippen molar-refractivity contribution < 1.29 is 0 Å². The van der Waals surface area contributed by atoms with Crippen molar-refractivity contribution in [3.05, 3.63) is 12.8 Å². The topological polar surface area (TPSA) is 0 Å². The molecule has 0 aromatic carbocycles. The van der Waals surface area contributed by atoms with Crippen LogP contribution in [0.15, 0.2) is 0 Å². The molecule has 0 aromatic heterocycles. The molecule has 0 heteroatoms. The molecule has 1 aliphatic rings. The Morgan fingerprint density at radius 3 is 2.43 bits per heavy atom. The van der Waals surface area contributed by atoms with E-state index in [-0.39, 0.29) is 0 Å². The lowest BCUT2D eigenvalue weighted by atomic mass is 10.0. The Balaban J connectivity index is 2.10. The highest BCUT2D eigenvalue weighted by Crippen LogP contribution is 2.40. The van der Waals surface area contributed by atoms with Crippen molar-refractivity contribution in [2.75, 3.05) is 0 Å². The predicted octanol–water partition coefficient (Wildman–Crippen LogP) is 2.21. The van der Waals surface area contributed by atoms with Gasteiger partial charge in [-0.3, -0.25) is 0 Å². The highest BCUT2D eigenvalue weighted by molar-refractivity contribution is 5.08. The van der Waals surface area contributed by atoms with Crippen LogP contribution < -0.4 is 0 Å². The lowest BCUT2D eigenvalue weighted by molar-refractivity contribution is 0.666. The number of rotatable bonds is 2. The summed E-state index contributed by atoms with van der Waals surface area (Å²) in [6.07, 6.45) is 3.86. The summed E-state index contributed by atoms with van der Waals surface area (Å²) < 4.78 is 0. The van der Waals surface area contributed by atoms with E-state index in [1.165, 1.54) is 12.8 Å². The molecule has 2 radical (unpaired) electrons. The van der Waals surface area contributed by atoms with Gasteiger partial charge < -0.3 is 0 Å². The minimum atomic E-state index is 0.819. The zero-order chi connectivity index (χ0) is 5.28. The van der Waals surface area contributed by atoms with Crippen molar-refractivity contribution in [2.45, 2.75) is 26.2 Å². The summed E-state index contributed by atoms with van der Waals surface area (Å²) in [4.78, 5) is 0. The quantitative estimate of drug-likeness (QED) is 0.494. The Morgan fingerprint density at radius 2 is 2.29 bits per heavy atom. The molecule has 1 saturated carbocycles. The van der Waals surface area contributed by atoms with E-state index in [0.29, 0.717) is 0 Å². The second kappa shape index (κ2) is 1.85. The number of hydrogen-bond acceptors (Lipinski definition) is 0. The smallest absolute Gasteiger partial charge is 0.0212 e. The maximum atomic E-state index is 3.83. The van der Waals surface area contributed by atoms with Gasteiger partial charge in [0.1, 0.15) is 0 Å². The van der Waals surface area contributed by atoms with E-state index in [9.17, 15) is 0 Å². The van der Waals surface area contributed by atoms with Gasteiger partial charge in [0.15, 0.2) is 0 Å². The largest absolute Gasteiger partial charge is 0.0620 e. The first kappa shape index (κ1) is 5.14. The van der Waals surface area contributed by atoms with E-state index < -0.39 is 0 Å². The average Bonchev–Trinajstić information content (AvgIpc) is 2.44. The van der Waals surface area contributed by atoms with E-state index in [1.807, 2.05) is 0 Å². The normalized spacial score (nSPS) is 24.9. The molecule has 0 amide bonds. The minimum Gasteiger partial charge on any atom is -0.0620 e. The van der Waals surface area contributed by atoms with Crippen molar-refractivity contribution in [3.8, 4) is 0 Å². The second-order valence-electron chi connectivity index (χ2n) is 2.35. The second-order valence-corrected chi connectivity index (χ2v) is 2.35. The van der Waals surface area contributed by atoms with Crippen LogP contribution in [0.5, 0.6) is 0 Å². The number of hydrogen-bond donors (Lipinski definition) is 0. The monoisotopic (exact) mass is 96.1 g/mol. The van der Waals surface area contributed by atoms with Gasteiger partial charge in [0, 0.05) is 0 Å². The molecule has 40 valence electrons. The minimum absolute atomic E-state index is 0.819. The van der Waals surface area contributed by atoms with Gasteiger partial charge in [-0.05, 0) is 24.7 Å². The Bertz CT molecular complexity index is 53.1. The third-order valence-corrected chi connectivity index (χ3v) is 1.67. The van der Waals surface area contributed by atoms with Gasteiger partial charge in [-0.2, -0.15) is 0 Å². The maximum absolute atomic E-state index is 3.83. The first-order valence-electron chi connectivity index (χ1n) is 2.98. The van der Waals surface area contributed by atoms with Crippen molar-refractivity contribution in [3.63, 3.8) is 0 Å². The van der Waals surface area contributed by atoms with Gasteiger partial charge in [-0.25, -0.2) is 0 Å². The summed E-state index contributed by atoms with van der Waals surface area (Å²) in [5, 5.41) is 0. The molecule has 0 saturated heterocycles. The van der Waals surface area contributed by atoms with E-state index in [4.69, 9.17) is 0 Å². The molecule has 1 aliphatic carbocycles. The summed E-state index contributed by atoms with van der Waals surface area (Å²) >= 11 is 0. The SMILES string of the molecule is [CH2]CC(C)[C]1CC1. The molecule has 7 heavy (non-hydrogen) atoms. The van der Waals surface area contributed by atoms with E-state index in [2.05, 4.69) is 13.8 Å². The van der Waals surface area contributed by atoms with Crippen LogP contribution in [0.2, 0.25) is 0 Å². The van der Waals surface area contributed by atoms with Crippen LogP contribution in [0.4, 0.5) is 0 Å². The predicted molar refractivity (Wildman–Crippen MR) is 31.6 cm³/mol. The zero-order valence-corrected chi connectivity index (χ0v) is 4.91. The van der Waals surface area contributed by atoms with Crippen molar-refractivity contribution >= 4 is 0 Å². The standard InChI is InChI=1S/C7H12/c1-3-6(2)7-4-5-7/h6H,1,3-5H2,2H3. The zero-order valence-electron chi connectivity index (χ0n) is 4.91. The van der Waals surface area contributed by atoms with Crippen LogP contribution in [-0.2, 0) is 0 Å². The molecule has 0 aliphatic heterocycles. The van der Waals surface area contributed by atoms with Gasteiger partial charge in [-0.1, -0.05) is 20.3 Å². The summed E-state index contributed by atoms with van der Waals surface area (Å²) in [6.45, 7) is 6.09. The van der Waals surface area contributed by atoms with Crippen LogP contribution in [0.3, 0.4) is 0 Å². The molecule has 1 fully saturated rings. The molecule has 1 unspecified atom stereocenters. The first-order valence-corrected chi connectivity index (χ1v) is 2.98. The van der Waals surface area contributed by atoms with Crippen LogP contribution in [0.1, 0.15) is 26.2 Å². The maximum Gasteiger partial charge on any atom is -0.0212 e. The molecule has 0 heterocycles. The molecule has 0 nitrogen and oxygen atoms in total. The van der Waals surface area contributed by atoms with E-state index >= 15 is 0 Å². The molecule has 0 aromatic rings. The Labute approximate surface area is 45.9 Å². The summed E-state index contributed by atoms with van der Waals surface area (Å²) in [5.74, 6) is 2.55. The highest BCUT2D eigenvalue weighted by Gasteiger charge is 2.26. The highest BCUT2D eigenvalue weighted by atomic mass is 14.3. The van der Waals surface area contributed by atoms with Crippen molar-refractivity contribution in [1.82, 2.24) is 0 Å². The molecule has 0 spiro atoms. The summed E-state index contributed by atoms with van der Waals surface area (Å²) in [5.41, 5.74) is 0. The van der Waals surface area contributed by atoms with Crippen molar-refractivity contribution in [2.24, 2.45) is 5.92 Å². The molecule has 1 rings (SSSR count). The van der Waals surface area contributed by atoms with Crippen LogP contribution in [-0.4, -0.2) is 0 Å². The van der Waals surface area contributed by atoms with Crippen LogP contribution in [0, 0.1) is 18.8 Å². The van der Waals surface area contributed by atoms with Gasteiger partial charge >= 0.3 is 0 Å². The fourth-order valence-corrected chi connectivity index (χ4v) is 0.769. The third kappa shape index (κ3) is 1.19. The Hall–Kier alpha value is 0. The van der Waals surface area contributed by atoms with E-state index in [0.717, 1.165) is 12.3 Å². The molecule has 0 N–H and O–H groups in total. The molecular weight excluding hydrogens is 84.1 g/mol. The van der Waals surface area contributed by atoms with Crippen molar-refractivity contribution in [1.29, 1.82) is 0 Å². The lowest BCUT2D eigenvalue weighted by Crippen LogP contribution is -1.90. The average molecular weight is 96.2 g/mol. The summed E-state index contributed by atoms with van der Waals surface area (Å²) in [6, 6.07) is 0. The lowest BCUT2D eigenvalue weighted by Gasteiger charge is -2.01. The van der Waals surface area contributed by atoms with Crippen LogP contribution >= 0.6 is 0 Å². The fraction of sp³-hybridized carbons (Fsp3) is 0.714. The van der Waals surface area contributed by atoms with Gasteiger partial charge in [0.2, 0.25) is 0 Å². The van der Waals surface area contributed by atoms with E-state index in [1.54, 1.807) is 5.92 Å².